The van der Waals surface area contributed by atoms with Crippen LogP contribution in [0.2, 0.25) is 0 Å². The summed E-state index contributed by atoms with van der Waals surface area (Å²) in [5, 5.41) is 14.2. The van der Waals surface area contributed by atoms with Gasteiger partial charge in [-0.2, -0.15) is 5.10 Å². The van der Waals surface area contributed by atoms with Gasteiger partial charge in [0.05, 0.1) is 0 Å². The second kappa shape index (κ2) is 6.87. The van der Waals surface area contributed by atoms with E-state index in [9.17, 15) is 14.7 Å². The smallest absolute Gasteiger partial charge is 0.281 e. The summed E-state index contributed by atoms with van der Waals surface area (Å²) in [5.41, 5.74) is -0.236. The van der Waals surface area contributed by atoms with Gasteiger partial charge in [0.15, 0.2) is 12.0 Å². The monoisotopic (exact) mass is 292 g/mol. The van der Waals surface area contributed by atoms with Crippen LogP contribution in [0.3, 0.4) is 0 Å². The molecule has 2 rings (SSSR count). The average Bonchev–Trinajstić information content (AvgIpc) is 2.47. The number of aryl methyl sites for hydroxylation is 1. The molecular weight excluding hydrogens is 268 g/mol. The summed E-state index contributed by atoms with van der Waals surface area (Å²) in [6.45, 7) is 4.28. The normalized spacial score (nSPS) is 16.3. The lowest BCUT2D eigenvalue weighted by Crippen LogP contribution is -2.29. The van der Waals surface area contributed by atoms with Crippen LogP contribution in [0.15, 0.2) is 4.79 Å². The molecule has 1 heterocycles. The summed E-state index contributed by atoms with van der Waals surface area (Å²) in [5.74, 6) is 0.340. The van der Waals surface area contributed by atoms with Gasteiger partial charge in [-0.25, -0.2) is 4.68 Å². The zero-order chi connectivity index (χ0) is 15.4. The molecule has 5 nitrogen and oxygen atoms in total. The Morgan fingerprint density at radius 1 is 1.33 bits per heavy atom. The van der Waals surface area contributed by atoms with E-state index >= 15 is 0 Å². The number of hydrogen-bond donors (Lipinski definition) is 1. The van der Waals surface area contributed by atoms with Gasteiger partial charge in [0, 0.05) is 12.5 Å². The van der Waals surface area contributed by atoms with E-state index < -0.39 is 5.56 Å². The molecule has 1 aliphatic carbocycles. The molecule has 0 saturated heterocycles. The van der Waals surface area contributed by atoms with E-state index in [-0.39, 0.29) is 17.2 Å². The van der Waals surface area contributed by atoms with E-state index in [0.29, 0.717) is 24.4 Å². The van der Waals surface area contributed by atoms with Gasteiger partial charge < -0.3 is 5.11 Å². The fourth-order valence-electron chi connectivity index (χ4n) is 3.03. The molecule has 1 fully saturated rings. The molecule has 0 amide bonds. The minimum Gasteiger partial charge on any atom is -0.505 e. The van der Waals surface area contributed by atoms with Crippen LogP contribution in [0, 0.1) is 5.92 Å². The van der Waals surface area contributed by atoms with Crippen molar-refractivity contribution in [1.29, 1.82) is 0 Å². The van der Waals surface area contributed by atoms with E-state index in [2.05, 4.69) is 5.10 Å². The number of aldehydes is 1. The molecule has 1 aromatic heterocycles. The number of nitrogens with zero attached hydrogens (tertiary/aromatic N) is 2. The number of rotatable bonds is 5. The van der Waals surface area contributed by atoms with Crippen LogP contribution in [0.5, 0.6) is 5.75 Å². The molecule has 0 spiro atoms. The number of hydrogen-bond acceptors (Lipinski definition) is 4. The summed E-state index contributed by atoms with van der Waals surface area (Å²) >= 11 is 0. The van der Waals surface area contributed by atoms with Crippen molar-refractivity contribution in [2.24, 2.45) is 5.92 Å². The Kier molecular flexibility index (Phi) is 5.15. The molecule has 0 aromatic carbocycles. The van der Waals surface area contributed by atoms with Gasteiger partial charge in [-0.3, -0.25) is 9.59 Å². The second-order valence-corrected chi connectivity index (χ2v) is 6.24. The van der Waals surface area contributed by atoms with Crippen LogP contribution in [-0.2, 0) is 6.54 Å². The average molecular weight is 292 g/mol. The van der Waals surface area contributed by atoms with Gasteiger partial charge in [-0.15, -0.1) is 0 Å². The predicted molar refractivity (Wildman–Crippen MR) is 80.8 cm³/mol. The third-order valence-corrected chi connectivity index (χ3v) is 4.33. The van der Waals surface area contributed by atoms with Crippen LogP contribution in [0.1, 0.15) is 74.3 Å². The molecule has 21 heavy (non-hydrogen) atoms. The maximum atomic E-state index is 12.2. The molecule has 0 unspecified atom stereocenters. The SMILES string of the molecule is CC(C)c1nn(CCC2CCCCC2)c(=O)c(C=O)c1O. The Hall–Kier alpha value is -1.65. The molecule has 1 aromatic rings. The van der Waals surface area contributed by atoms with Gasteiger partial charge >= 0.3 is 0 Å². The van der Waals surface area contributed by atoms with Crippen LogP contribution in [0.25, 0.3) is 0 Å². The zero-order valence-electron chi connectivity index (χ0n) is 12.8. The van der Waals surface area contributed by atoms with Crippen LogP contribution >= 0.6 is 0 Å². The van der Waals surface area contributed by atoms with Crippen molar-refractivity contribution in [3.63, 3.8) is 0 Å². The Morgan fingerprint density at radius 3 is 2.57 bits per heavy atom. The second-order valence-electron chi connectivity index (χ2n) is 6.24. The summed E-state index contributed by atoms with van der Waals surface area (Å²) < 4.78 is 1.35. The fraction of sp³-hybridized carbons (Fsp3) is 0.688. The summed E-state index contributed by atoms with van der Waals surface area (Å²) in [7, 11) is 0. The highest BCUT2D eigenvalue weighted by Crippen LogP contribution is 2.27. The van der Waals surface area contributed by atoms with Gasteiger partial charge in [0.25, 0.3) is 5.56 Å². The number of aromatic nitrogens is 2. The third kappa shape index (κ3) is 3.52. The fourth-order valence-corrected chi connectivity index (χ4v) is 3.03. The van der Waals surface area contributed by atoms with Crippen molar-refractivity contribution >= 4 is 6.29 Å². The first-order chi connectivity index (χ1) is 10.0. The molecule has 0 radical (unpaired) electrons. The van der Waals surface area contributed by atoms with Crippen molar-refractivity contribution in [2.45, 2.75) is 64.8 Å². The lowest BCUT2D eigenvalue weighted by atomic mass is 9.87. The summed E-state index contributed by atoms with van der Waals surface area (Å²) in [4.78, 5) is 23.3. The Balaban J connectivity index is 2.23. The van der Waals surface area contributed by atoms with Crippen molar-refractivity contribution in [1.82, 2.24) is 9.78 Å². The molecule has 116 valence electrons. The lowest BCUT2D eigenvalue weighted by molar-refractivity contribution is 0.111. The van der Waals surface area contributed by atoms with Crippen molar-refractivity contribution in [3.8, 4) is 5.75 Å². The number of carbonyl (C=O) groups is 1. The Morgan fingerprint density at radius 2 is 2.00 bits per heavy atom. The van der Waals surface area contributed by atoms with Gasteiger partial charge in [-0.1, -0.05) is 46.0 Å². The lowest BCUT2D eigenvalue weighted by Gasteiger charge is -2.21. The molecule has 0 aliphatic heterocycles. The molecule has 0 atom stereocenters. The van der Waals surface area contributed by atoms with E-state index in [1.165, 1.54) is 36.8 Å². The minimum absolute atomic E-state index is 0.0368. The Labute approximate surface area is 125 Å². The van der Waals surface area contributed by atoms with Crippen molar-refractivity contribution in [2.75, 3.05) is 0 Å². The van der Waals surface area contributed by atoms with Crippen LogP contribution in [0.4, 0.5) is 0 Å². The number of carbonyl (C=O) groups excluding carboxylic acids is 1. The first-order valence-corrected chi connectivity index (χ1v) is 7.83. The largest absolute Gasteiger partial charge is 0.505 e. The first kappa shape index (κ1) is 15.7. The molecule has 5 heteroatoms. The van der Waals surface area contributed by atoms with Gasteiger partial charge in [0.1, 0.15) is 11.3 Å². The summed E-state index contributed by atoms with van der Waals surface area (Å²) in [6.07, 6.45) is 7.60. The Bertz CT molecular complexity index is 557. The van der Waals surface area contributed by atoms with Crippen LogP contribution < -0.4 is 5.56 Å². The standard InChI is InChI=1S/C16H24N2O3/c1-11(2)14-15(20)13(10-19)16(21)18(17-14)9-8-12-6-4-3-5-7-12/h10-12,20H,3-9H2,1-2H3. The summed E-state index contributed by atoms with van der Waals surface area (Å²) in [6, 6.07) is 0. The van der Waals surface area contributed by atoms with E-state index in [0.717, 1.165) is 6.42 Å². The van der Waals surface area contributed by atoms with Gasteiger partial charge in [-0.05, 0) is 12.3 Å². The zero-order valence-corrected chi connectivity index (χ0v) is 12.8. The quantitative estimate of drug-likeness (QED) is 0.847. The molecular formula is C16H24N2O3. The van der Waals surface area contributed by atoms with E-state index in [1.807, 2.05) is 13.8 Å². The molecule has 1 saturated carbocycles. The molecule has 1 aliphatic rings. The topological polar surface area (TPSA) is 72.2 Å². The highest BCUT2D eigenvalue weighted by atomic mass is 16.3. The maximum Gasteiger partial charge on any atom is 0.281 e. The first-order valence-electron chi connectivity index (χ1n) is 7.83. The third-order valence-electron chi connectivity index (χ3n) is 4.33. The van der Waals surface area contributed by atoms with Crippen LogP contribution in [-0.4, -0.2) is 21.2 Å². The number of aromatic hydroxyl groups is 1. The highest BCUT2D eigenvalue weighted by Gasteiger charge is 2.19. The maximum absolute atomic E-state index is 12.2. The minimum atomic E-state index is -0.484. The molecule has 0 bridgehead atoms. The van der Waals surface area contributed by atoms with Gasteiger partial charge in [0.2, 0.25) is 0 Å². The predicted octanol–water partition coefficient (Wildman–Crippen LogP) is 2.86. The van der Waals surface area contributed by atoms with E-state index in [4.69, 9.17) is 0 Å². The van der Waals surface area contributed by atoms with Crippen molar-refractivity contribution < 1.29 is 9.90 Å². The molecule has 1 N–H and O–H groups in total. The van der Waals surface area contributed by atoms with Crippen molar-refractivity contribution in [3.05, 3.63) is 21.6 Å². The highest BCUT2D eigenvalue weighted by molar-refractivity contribution is 5.78. The van der Waals surface area contributed by atoms with E-state index in [1.54, 1.807) is 0 Å².